The van der Waals surface area contributed by atoms with Crippen LogP contribution < -0.4 is 5.73 Å². The van der Waals surface area contributed by atoms with Crippen molar-refractivity contribution in [2.24, 2.45) is 0 Å². The van der Waals surface area contributed by atoms with E-state index in [0.29, 0.717) is 26.3 Å². The summed E-state index contributed by atoms with van der Waals surface area (Å²) in [6, 6.07) is 9.24. The number of carbonyl (C=O) groups is 1. The lowest BCUT2D eigenvalue weighted by Gasteiger charge is -2.06. The molecule has 2 N–H and O–H groups in total. The van der Waals surface area contributed by atoms with Gasteiger partial charge in [0.05, 0.1) is 0 Å². The summed E-state index contributed by atoms with van der Waals surface area (Å²) in [7, 11) is 0. The molecule has 0 unspecified atom stereocenters. The summed E-state index contributed by atoms with van der Waals surface area (Å²) in [5, 5.41) is 0.462. The van der Waals surface area contributed by atoms with Gasteiger partial charge in [0.15, 0.2) is 5.78 Å². The zero-order chi connectivity index (χ0) is 14.0. The number of rotatable bonds is 3. The predicted molar refractivity (Wildman–Crippen MR) is 78.0 cm³/mol. The first-order valence-electron chi connectivity index (χ1n) is 5.49. The SMILES string of the molecule is Nc1cc(Cl)ccc1C(=O)Cc1ccc(Br)cc1F. The molecular weight excluding hydrogens is 333 g/mol. The monoisotopic (exact) mass is 341 g/mol. The summed E-state index contributed by atoms with van der Waals surface area (Å²) < 4.78 is 14.3. The van der Waals surface area contributed by atoms with Gasteiger partial charge in [-0.25, -0.2) is 4.39 Å². The highest BCUT2D eigenvalue weighted by molar-refractivity contribution is 9.10. The van der Waals surface area contributed by atoms with Crippen molar-refractivity contribution < 1.29 is 9.18 Å². The van der Waals surface area contributed by atoms with Crippen molar-refractivity contribution in [3.05, 3.63) is 62.8 Å². The van der Waals surface area contributed by atoms with Gasteiger partial charge in [-0.2, -0.15) is 0 Å². The number of nitrogen functional groups attached to an aromatic ring is 1. The lowest BCUT2D eigenvalue weighted by atomic mass is 10.0. The minimum atomic E-state index is -0.421. The van der Waals surface area contributed by atoms with E-state index in [1.807, 2.05) is 0 Å². The highest BCUT2D eigenvalue weighted by atomic mass is 79.9. The first kappa shape index (κ1) is 14.0. The molecule has 2 nitrogen and oxygen atoms in total. The quantitative estimate of drug-likeness (QED) is 0.669. The lowest BCUT2D eigenvalue weighted by Crippen LogP contribution is -2.08. The molecule has 98 valence electrons. The Labute approximate surface area is 123 Å². The first-order chi connectivity index (χ1) is 8.97. The van der Waals surface area contributed by atoms with Gasteiger partial charge in [-0.15, -0.1) is 0 Å². The molecule has 0 aliphatic rings. The van der Waals surface area contributed by atoms with E-state index >= 15 is 0 Å². The van der Waals surface area contributed by atoms with Crippen LogP contribution >= 0.6 is 27.5 Å². The van der Waals surface area contributed by atoms with Crippen molar-refractivity contribution in [3.8, 4) is 0 Å². The van der Waals surface area contributed by atoms with E-state index in [-0.39, 0.29) is 12.2 Å². The maximum Gasteiger partial charge on any atom is 0.169 e. The van der Waals surface area contributed by atoms with E-state index in [1.165, 1.54) is 12.1 Å². The topological polar surface area (TPSA) is 43.1 Å². The van der Waals surface area contributed by atoms with Gasteiger partial charge >= 0.3 is 0 Å². The van der Waals surface area contributed by atoms with Crippen molar-refractivity contribution >= 4 is 39.0 Å². The Morgan fingerprint density at radius 3 is 2.63 bits per heavy atom. The highest BCUT2D eigenvalue weighted by Crippen LogP contribution is 2.21. The molecule has 0 heterocycles. The van der Waals surface area contributed by atoms with Gasteiger partial charge < -0.3 is 5.73 Å². The largest absolute Gasteiger partial charge is 0.398 e. The van der Waals surface area contributed by atoms with Crippen LogP contribution in [0.4, 0.5) is 10.1 Å². The summed E-state index contributed by atoms with van der Waals surface area (Å²) in [6.45, 7) is 0. The Hall–Kier alpha value is -1.39. The molecule has 0 radical (unpaired) electrons. The molecule has 0 saturated heterocycles. The number of carbonyl (C=O) groups excluding carboxylic acids is 1. The lowest BCUT2D eigenvalue weighted by molar-refractivity contribution is 0.0992. The summed E-state index contributed by atoms with van der Waals surface area (Å²) >= 11 is 8.94. The molecule has 0 aliphatic heterocycles. The van der Waals surface area contributed by atoms with Crippen LogP contribution in [0.15, 0.2) is 40.9 Å². The minimum absolute atomic E-state index is 0.0368. The van der Waals surface area contributed by atoms with Crippen LogP contribution in [0.3, 0.4) is 0 Å². The predicted octanol–water partition coefficient (Wildman–Crippen LogP) is 4.25. The Balaban J connectivity index is 2.25. The van der Waals surface area contributed by atoms with E-state index in [2.05, 4.69) is 15.9 Å². The molecule has 2 aromatic rings. The van der Waals surface area contributed by atoms with Crippen molar-refractivity contribution in [2.45, 2.75) is 6.42 Å². The van der Waals surface area contributed by atoms with Gasteiger partial charge in [0.2, 0.25) is 0 Å². The van der Waals surface area contributed by atoms with Crippen molar-refractivity contribution in [2.75, 3.05) is 5.73 Å². The molecule has 0 fully saturated rings. The molecule has 19 heavy (non-hydrogen) atoms. The van der Waals surface area contributed by atoms with Gasteiger partial charge in [0.25, 0.3) is 0 Å². The number of hydrogen-bond donors (Lipinski definition) is 1. The van der Waals surface area contributed by atoms with E-state index in [9.17, 15) is 9.18 Å². The fourth-order valence-corrected chi connectivity index (χ4v) is 2.23. The molecule has 0 aromatic heterocycles. The maximum atomic E-state index is 13.7. The summed E-state index contributed by atoms with van der Waals surface area (Å²) in [6.07, 6.45) is -0.0368. The van der Waals surface area contributed by atoms with E-state index in [1.54, 1.807) is 24.3 Å². The Kier molecular flexibility index (Phi) is 4.22. The molecule has 0 atom stereocenters. The van der Waals surface area contributed by atoms with E-state index in [4.69, 9.17) is 17.3 Å². The summed E-state index contributed by atoms with van der Waals surface area (Å²) in [5.74, 6) is -0.661. The number of ketones is 1. The molecule has 2 aromatic carbocycles. The van der Waals surface area contributed by atoms with E-state index in [0.717, 1.165) is 0 Å². The van der Waals surface area contributed by atoms with Crippen molar-refractivity contribution in [3.63, 3.8) is 0 Å². The molecule has 2 rings (SSSR count). The fraction of sp³-hybridized carbons (Fsp3) is 0.0714. The van der Waals surface area contributed by atoms with Crippen molar-refractivity contribution in [1.82, 2.24) is 0 Å². The number of benzene rings is 2. The number of halogens is 3. The number of Topliss-reactive ketones (excluding diaryl/α,β-unsaturated/α-hetero) is 1. The van der Waals surface area contributed by atoms with Crippen LogP contribution in [0.5, 0.6) is 0 Å². The average molecular weight is 343 g/mol. The highest BCUT2D eigenvalue weighted by Gasteiger charge is 2.13. The summed E-state index contributed by atoms with van der Waals surface area (Å²) in [4.78, 5) is 12.1. The smallest absolute Gasteiger partial charge is 0.169 e. The second-order valence-corrected chi connectivity index (χ2v) is 5.42. The zero-order valence-corrected chi connectivity index (χ0v) is 12.1. The molecular formula is C14H10BrClFNO. The molecule has 0 bridgehead atoms. The summed E-state index contributed by atoms with van der Waals surface area (Å²) in [5.41, 5.74) is 6.72. The molecule has 0 aliphatic carbocycles. The van der Waals surface area contributed by atoms with Crippen LogP contribution in [0.25, 0.3) is 0 Å². The zero-order valence-electron chi connectivity index (χ0n) is 9.79. The van der Waals surface area contributed by atoms with Gasteiger partial charge in [0, 0.05) is 27.2 Å². The average Bonchev–Trinajstić information content (AvgIpc) is 2.32. The number of anilines is 1. The first-order valence-corrected chi connectivity index (χ1v) is 6.66. The van der Waals surface area contributed by atoms with Crippen molar-refractivity contribution in [1.29, 1.82) is 0 Å². The van der Waals surface area contributed by atoms with Crippen LogP contribution in [-0.4, -0.2) is 5.78 Å². The van der Waals surface area contributed by atoms with Gasteiger partial charge in [-0.1, -0.05) is 33.6 Å². The second-order valence-electron chi connectivity index (χ2n) is 4.07. The fourth-order valence-electron chi connectivity index (χ4n) is 1.72. The van der Waals surface area contributed by atoms with Gasteiger partial charge in [-0.05, 0) is 35.9 Å². The minimum Gasteiger partial charge on any atom is -0.398 e. The molecule has 5 heteroatoms. The Morgan fingerprint density at radius 1 is 1.26 bits per heavy atom. The Morgan fingerprint density at radius 2 is 2.00 bits per heavy atom. The normalized spacial score (nSPS) is 10.5. The second kappa shape index (κ2) is 5.72. The maximum absolute atomic E-state index is 13.7. The molecule has 0 spiro atoms. The number of hydrogen-bond acceptors (Lipinski definition) is 2. The third-order valence-corrected chi connectivity index (χ3v) is 3.41. The van der Waals surface area contributed by atoms with Crippen LogP contribution in [-0.2, 0) is 6.42 Å². The molecule has 0 amide bonds. The van der Waals surface area contributed by atoms with E-state index < -0.39 is 5.82 Å². The van der Waals surface area contributed by atoms with Gasteiger partial charge in [-0.3, -0.25) is 4.79 Å². The standard InChI is InChI=1S/C14H10BrClFNO/c15-9-2-1-8(12(17)6-9)5-14(19)11-4-3-10(16)7-13(11)18/h1-4,6-7H,5,18H2. The van der Waals surface area contributed by atoms with Gasteiger partial charge in [0.1, 0.15) is 5.82 Å². The Bertz CT molecular complexity index is 645. The third kappa shape index (κ3) is 3.33. The molecule has 0 saturated carbocycles. The third-order valence-electron chi connectivity index (χ3n) is 2.68. The van der Waals surface area contributed by atoms with Crippen LogP contribution in [0, 0.1) is 5.82 Å². The number of nitrogens with two attached hydrogens (primary N) is 1. The van der Waals surface area contributed by atoms with Crippen LogP contribution in [0.1, 0.15) is 15.9 Å². The van der Waals surface area contributed by atoms with Crippen LogP contribution in [0.2, 0.25) is 5.02 Å².